The van der Waals surface area contributed by atoms with Gasteiger partial charge in [-0.15, -0.1) is 0 Å². The Kier molecular flexibility index (Phi) is 6.51. The summed E-state index contributed by atoms with van der Waals surface area (Å²) in [6, 6.07) is 1.77. The average Bonchev–Trinajstić information content (AvgIpc) is 2.54. The van der Waals surface area contributed by atoms with E-state index in [0.29, 0.717) is 5.70 Å². The highest BCUT2D eigenvalue weighted by Gasteiger charge is 2.35. The van der Waals surface area contributed by atoms with E-state index in [4.69, 9.17) is 40.1 Å². The summed E-state index contributed by atoms with van der Waals surface area (Å²) in [7, 11) is 2.28. The second-order valence-electron chi connectivity index (χ2n) is 4.43. The van der Waals surface area contributed by atoms with Crippen molar-refractivity contribution in [3.63, 3.8) is 0 Å². The highest BCUT2D eigenvalue weighted by atomic mass is 35.5. The molecule has 1 unspecified atom stereocenters. The molecule has 9 heteroatoms. The van der Waals surface area contributed by atoms with Crippen LogP contribution in [0.25, 0.3) is 0 Å². The van der Waals surface area contributed by atoms with Gasteiger partial charge >= 0.3 is 11.9 Å². The van der Waals surface area contributed by atoms with E-state index < -0.39 is 27.2 Å². The molecule has 1 aliphatic rings. The number of nitrogens with zero attached hydrogens (tertiary/aromatic N) is 2. The molecular weight excluding hydrogens is 367 g/mol. The van der Waals surface area contributed by atoms with Crippen LogP contribution >= 0.6 is 34.8 Å². The van der Waals surface area contributed by atoms with Crippen molar-refractivity contribution in [2.75, 3.05) is 14.2 Å². The molecule has 124 valence electrons. The standard InChI is InChI=1S/C14H13Cl3N2O4/c1-8-6-9(14(16,17)7-18)4-5-19(8)11(13(21)23-3)10(15)12(20)22-2/h4-6,9H,1-3H3/b11-10-. The highest BCUT2D eigenvalue weighted by molar-refractivity contribution is 6.50. The van der Waals surface area contributed by atoms with E-state index in [2.05, 4.69) is 9.47 Å². The quantitative estimate of drug-likeness (QED) is 0.424. The van der Waals surface area contributed by atoms with Crippen LogP contribution in [-0.4, -0.2) is 35.4 Å². The Balaban J connectivity index is 3.31. The number of hydrogen-bond acceptors (Lipinski definition) is 6. The highest BCUT2D eigenvalue weighted by Crippen LogP contribution is 2.36. The molecule has 0 saturated heterocycles. The van der Waals surface area contributed by atoms with E-state index in [1.165, 1.54) is 17.2 Å². The maximum Gasteiger partial charge on any atom is 0.356 e. The topological polar surface area (TPSA) is 79.6 Å². The van der Waals surface area contributed by atoms with Crippen molar-refractivity contribution < 1.29 is 19.1 Å². The second kappa shape index (κ2) is 7.73. The maximum atomic E-state index is 12.0. The molecule has 0 aromatic carbocycles. The number of esters is 2. The van der Waals surface area contributed by atoms with E-state index in [1.54, 1.807) is 19.1 Å². The molecule has 1 atom stereocenters. The fourth-order valence-electron chi connectivity index (χ4n) is 1.82. The molecule has 6 nitrogen and oxygen atoms in total. The number of rotatable bonds is 4. The van der Waals surface area contributed by atoms with Gasteiger partial charge in [0.05, 0.1) is 14.2 Å². The normalized spacial score (nSPS) is 18.6. The van der Waals surface area contributed by atoms with E-state index in [1.807, 2.05) is 0 Å². The Morgan fingerprint density at radius 2 is 1.87 bits per heavy atom. The van der Waals surface area contributed by atoms with Crippen LogP contribution in [0.3, 0.4) is 0 Å². The minimum atomic E-state index is -1.66. The summed E-state index contributed by atoms with van der Waals surface area (Å²) in [5.41, 5.74) is 0.247. The average molecular weight is 380 g/mol. The van der Waals surface area contributed by atoms with Gasteiger partial charge in [0.1, 0.15) is 6.07 Å². The monoisotopic (exact) mass is 378 g/mol. The lowest BCUT2D eigenvalue weighted by Gasteiger charge is -2.30. The van der Waals surface area contributed by atoms with Crippen LogP contribution in [-0.2, 0) is 19.1 Å². The molecule has 1 aliphatic heterocycles. The van der Waals surface area contributed by atoms with Crippen LogP contribution in [0.5, 0.6) is 0 Å². The lowest BCUT2D eigenvalue weighted by Crippen LogP contribution is -2.30. The van der Waals surface area contributed by atoms with Crippen molar-refractivity contribution in [1.29, 1.82) is 5.26 Å². The van der Waals surface area contributed by atoms with Crippen molar-refractivity contribution in [2.24, 2.45) is 5.92 Å². The van der Waals surface area contributed by atoms with Crippen molar-refractivity contribution in [3.05, 3.63) is 34.8 Å². The third-order valence-electron chi connectivity index (χ3n) is 3.00. The molecule has 0 saturated carbocycles. The predicted molar refractivity (Wildman–Crippen MR) is 85.2 cm³/mol. The third-order valence-corrected chi connectivity index (χ3v) is 4.01. The molecule has 0 aliphatic carbocycles. The first-order valence-corrected chi connectivity index (χ1v) is 7.34. The fraction of sp³-hybridized carbons (Fsp3) is 0.357. The molecule has 0 spiro atoms. The summed E-state index contributed by atoms with van der Waals surface area (Å²) in [5, 5.41) is 8.52. The Bertz CT molecular complexity index is 647. The van der Waals surface area contributed by atoms with E-state index >= 15 is 0 Å². The number of halogens is 3. The largest absolute Gasteiger partial charge is 0.465 e. The van der Waals surface area contributed by atoms with E-state index in [0.717, 1.165) is 14.2 Å². The van der Waals surface area contributed by atoms with Gasteiger partial charge in [-0.1, -0.05) is 47.0 Å². The van der Waals surface area contributed by atoms with Gasteiger partial charge in [0.25, 0.3) is 0 Å². The smallest absolute Gasteiger partial charge is 0.356 e. The summed E-state index contributed by atoms with van der Waals surface area (Å²) < 4.78 is 7.50. The Morgan fingerprint density at radius 1 is 1.30 bits per heavy atom. The van der Waals surface area contributed by atoms with Gasteiger partial charge in [-0.05, 0) is 6.92 Å². The first-order valence-electron chi connectivity index (χ1n) is 6.21. The van der Waals surface area contributed by atoms with Crippen LogP contribution < -0.4 is 0 Å². The van der Waals surface area contributed by atoms with Crippen LogP contribution in [0.1, 0.15) is 6.92 Å². The number of allylic oxidation sites excluding steroid dienone is 3. The molecule has 0 aromatic heterocycles. The fourth-order valence-corrected chi connectivity index (χ4v) is 2.34. The summed E-state index contributed by atoms with van der Waals surface area (Å²) in [6.07, 6.45) is 4.49. The van der Waals surface area contributed by atoms with Gasteiger partial charge < -0.3 is 14.4 Å². The van der Waals surface area contributed by atoms with Gasteiger partial charge in [-0.25, -0.2) is 9.59 Å². The van der Waals surface area contributed by atoms with Crippen LogP contribution in [0.2, 0.25) is 0 Å². The Hall–Kier alpha value is -1.68. The minimum absolute atomic E-state index is 0.226. The SMILES string of the molecule is COC(=O)/C(Cl)=C(\C(=O)OC)N1C=CC(C(Cl)(Cl)C#N)C=C1C. The van der Waals surface area contributed by atoms with E-state index in [-0.39, 0.29) is 5.70 Å². The molecule has 23 heavy (non-hydrogen) atoms. The van der Waals surface area contributed by atoms with Crippen LogP contribution in [0.15, 0.2) is 34.8 Å². The molecule has 0 radical (unpaired) electrons. The number of carbonyl (C=O) groups is 2. The minimum Gasteiger partial charge on any atom is -0.465 e. The number of nitriles is 1. The number of carbonyl (C=O) groups excluding carboxylic acids is 2. The zero-order valence-corrected chi connectivity index (χ0v) is 14.7. The zero-order chi connectivity index (χ0) is 17.8. The molecule has 0 aromatic rings. The molecule has 0 amide bonds. The molecule has 0 N–H and O–H groups in total. The van der Waals surface area contributed by atoms with Gasteiger partial charge in [-0.3, -0.25) is 0 Å². The number of hydrogen-bond donors (Lipinski definition) is 0. The summed E-state index contributed by atoms with van der Waals surface area (Å²) >= 11 is 17.7. The zero-order valence-electron chi connectivity index (χ0n) is 12.5. The van der Waals surface area contributed by atoms with Crippen LogP contribution in [0.4, 0.5) is 0 Å². The van der Waals surface area contributed by atoms with Gasteiger partial charge in [0, 0.05) is 17.8 Å². The number of alkyl halides is 2. The number of methoxy groups -OCH3 is 2. The lowest BCUT2D eigenvalue weighted by atomic mass is 10.0. The first-order chi connectivity index (χ1) is 10.7. The Morgan fingerprint density at radius 3 is 2.30 bits per heavy atom. The molecule has 0 bridgehead atoms. The maximum absolute atomic E-state index is 12.0. The van der Waals surface area contributed by atoms with Crippen molar-refractivity contribution in [1.82, 2.24) is 4.90 Å². The lowest BCUT2D eigenvalue weighted by molar-refractivity contribution is -0.139. The number of ether oxygens (including phenoxy) is 2. The van der Waals surface area contributed by atoms with Gasteiger partial charge in [0.2, 0.25) is 4.33 Å². The molecule has 1 heterocycles. The van der Waals surface area contributed by atoms with Crippen molar-refractivity contribution in [3.8, 4) is 6.07 Å². The van der Waals surface area contributed by atoms with E-state index in [9.17, 15) is 9.59 Å². The van der Waals surface area contributed by atoms with Crippen molar-refractivity contribution >= 4 is 46.7 Å². The summed E-state index contributed by atoms with van der Waals surface area (Å²) in [6.45, 7) is 1.63. The Labute approximate surface area is 148 Å². The predicted octanol–water partition coefficient (Wildman–Crippen LogP) is 2.83. The molecular formula is C14H13Cl3N2O4. The molecule has 1 rings (SSSR count). The van der Waals surface area contributed by atoms with Gasteiger partial charge in [0.15, 0.2) is 10.7 Å². The summed E-state index contributed by atoms with van der Waals surface area (Å²) in [5.74, 6) is -2.33. The van der Waals surface area contributed by atoms with Crippen molar-refractivity contribution in [2.45, 2.75) is 11.3 Å². The first kappa shape index (κ1) is 19.4. The second-order valence-corrected chi connectivity index (χ2v) is 6.19. The summed E-state index contributed by atoms with van der Waals surface area (Å²) in [4.78, 5) is 24.9. The molecule has 0 fully saturated rings. The van der Waals surface area contributed by atoms with Gasteiger partial charge in [-0.2, -0.15) is 5.26 Å². The van der Waals surface area contributed by atoms with Crippen LogP contribution in [0, 0.1) is 17.2 Å². The third kappa shape index (κ3) is 4.20.